The predicted molar refractivity (Wildman–Crippen MR) is 69.0 cm³/mol. The van der Waals surface area contributed by atoms with Gasteiger partial charge in [-0.15, -0.1) is 0 Å². The van der Waals surface area contributed by atoms with Crippen molar-refractivity contribution in [2.24, 2.45) is 0 Å². The highest BCUT2D eigenvalue weighted by Crippen LogP contribution is 2.32. The Hall–Kier alpha value is -1.19. The fourth-order valence-electron chi connectivity index (χ4n) is 1.31. The van der Waals surface area contributed by atoms with Crippen LogP contribution in [0.1, 0.15) is 5.56 Å². The van der Waals surface area contributed by atoms with E-state index in [1.807, 2.05) is 12.1 Å². The molecular formula is C12H11ClN2S. The van der Waals surface area contributed by atoms with Crippen LogP contribution in [-0.4, -0.2) is 4.98 Å². The Morgan fingerprint density at radius 2 is 2.12 bits per heavy atom. The fraction of sp³-hybridized carbons (Fsp3) is 0.0833. The molecule has 2 nitrogen and oxygen atoms in total. The Morgan fingerprint density at radius 1 is 1.31 bits per heavy atom. The van der Waals surface area contributed by atoms with E-state index in [0.717, 1.165) is 9.92 Å². The molecule has 0 spiro atoms. The molecule has 1 heterocycles. The first-order chi connectivity index (χ1) is 7.65. The number of hydrogen-bond donors (Lipinski definition) is 1. The molecule has 4 heteroatoms. The number of nitrogens with two attached hydrogens (primary N) is 1. The fourth-order valence-corrected chi connectivity index (χ4v) is 2.47. The van der Waals surface area contributed by atoms with E-state index in [0.29, 0.717) is 10.7 Å². The van der Waals surface area contributed by atoms with E-state index < -0.39 is 0 Å². The van der Waals surface area contributed by atoms with Crippen molar-refractivity contribution in [1.29, 1.82) is 0 Å². The van der Waals surface area contributed by atoms with Crippen molar-refractivity contribution < 1.29 is 0 Å². The number of aromatic nitrogens is 1. The van der Waals surface area contributed by atoms with Crippen LogP contribution in [-0.2, 0) is 0 Å². The first-order valence-electron chi connectivity index (χ1n) is 4.81. The van der Waals surface area contributed by atoms with Crippen molar-refractivity contribution in [3.05, 3.63) is 47.1 Å². The van der Waals surface area contributed by atoms with Crippen molar-refractivity contribution in [2.45, 2.75) is 16.8 Å². The molecule has 16 heavy (non-hydrogen) atoms. The topological polar surface area (TPSA) is 38.9 Å². The van der Waals surface area contributed by atoms with Gasteiger partial charge in [-0.1, -0.05) is 41.1 Å². The summed E-state index contributed by atoms with van der Waals surface area (Å²) < 4.78 is 0. The summed E-state index contributed by atoms with van der Waals surface area (Å²) in [4.78, 5) is 5.33. The van der Waals surface area contributed by atoms with E-state index in [-0.39, 0.29) is 0 Å². The van der Waals surface area contributed by atoms with Gasteiger partial charge in [-0.3, -0.25) is 0 Å². The van der Waals surface area contributed by atoms with Crippen LogP contribution in [0.3, 0.4) is 0 Å². The second-order valence-electron chi connectivity index (χ2n) is 3.47. The minimum absolute atomic E-state index is 0.582. The summed E-state index contributed by atoms with van der Waals surface area (Å²) in [7, 11) is 0. The number of nitrogen functional groups attached to an aromatic ring is 1. The van der Waals surface area contributed by atoms with Crippen LogP contribution in [0.5, 0.6) is 0 Å². The lowest BCUT2D eigenvalue weighted by molar-refractivity contribution is 1.13. The van der Waals surface area contributed by atoms with Gasteiger partial charge in [0.1, 0.15) is 5.03 Å². The molecule has 0 aliphatic rings. The number of benzene rings is 1. The number of nitrogens with zero attached hydrogens (tertiary/aromatic N) is 1. The maximum absolute atomic E-state index is 6.06. The number of anilines is 1. The van der Waals surface area contributed by atoms with Gasteiger partial charge in [0.25, 0.3) is 0 Å². The number of halogens is 1. The smallest absolute Gasteiger partial charge is 0.120 e. The van der Waals surface area contributed by atoms with Crippen LogP contribution in [0.15, 0.2) is 46.5 Å². The van der Waals surface area contributed by atoms with Crippen LogP contribution >= 0.6 is 23.4 Å². The third-order valence-electron chi connectivity index (χ3n) is 2.03. The normalized spacial score (nSPS) is 10.4. The highest BCUT2D eigenvalue weighted by Gasteiger charge is 2.04. The van der Waals surface area contributed by atoms with Gasteiger partial charge in [0.2, 0.25) is 0 Å². The lowest BCUT2D eigenvalue weighted by Crippen LogP contribution is -1.88. The van der Waals surface area contributed by atoms with Gasteiger partial charge in [-0.2, -0.15) is 0 Å². The lowest BCUT2D eigenvalue weighted by Gasteiger charge is -2.04. The van der Waals surface area contributed by atoms with Gasteiger partial charge >= 0.3 is 0 Å². The van der Waals surface area contributed by atoms with E-state index in [1.165, 1.54) is 17.3 Å². The van der Waals surface area contributed by atoms with E-state index in [1.54, 1.807) is 12.3 Å². The summed E-state index contributed by atoms with van der Waals surface area (Å²) in [5, 5.41) is 1.37. The van der Waals surface area contributed by atoms with E-state index in [9.17, 15) is 0 Å². The van der Waals surface area contributed by atoms with Gasteiger partial charge in [0, 0.05) is 4.90 Å². The SMILES string of the molecule is Cc1cccc(Sc2ncc(N)cc2Cl)c1. The third kappa shape index (κ3) is 2.68. The third-order valence-corrected chi connectivity index (χ3v) is 3.44. The summed E-state index contributed by atoms with van der Waals surface area (Å²) in [6.45, 7) is 2.06. The van der Waals surface area contributed by atoms with Gasteiger partial charge < -0.3 is 5.73 Å². The van der Waals surface area contributed by atoms with Gasteiger partial charge in [-0.05, 0) is 25.1 Å². The highest BCUT2D eigenvalue weighted by atomic mass is 35.5. The molecule has 82 valence electrons. The molecule has 0 fully saturated rings. The van der Waals surface area contributed by atoms with Gasteiger partial charge in [-0.25, -0.2) is 4.98 Å². The van der Waals surface area contributed by atoms with Crippen LogP contribution in [0, 0.1) is 6.92 Å². The zero-order valence-electron chi connectivity index (χ0n) is 8.77. The summed E-state index contributed by atoms with van der Waals surface area (Å²) in [5.74, 6) is 0. The van der Waals surface area contributed by atoms with E-state index in [4.69, 9.17) is 17.3 Å². The first-order valence-corrected chi connectivity index (χ1v) is 6.00. The molecule has 1 aromatic heterocycles. The molecule has 0 aliphatic heterocycles. The molecule has 0 saturated heterocycles. The van der Waals surface area contributed by atoms with Crippen LogP contribution < -0.4 is 5.73 Å². The molecule has 0 aliphatic carbocycles. The maximum atomic E-state index is 6.06. The zero-order chi connectivity index (χ0) is 11.5. The molecule has 2 rings (SSSR count). The standard InChI is InChI=1S/C12H11ClN2S/c1-8-3-2-4-10(5-8)16-12-11(13)6-9(14)7-15-12/h2-7H,14H2,1H3. The second-order valence-corrected chi connectivity index (χ2v) is 4.94. The average Bonchev–Trinajstić information content (AvgIpc) is 2.22. The largest absolute Gasteiger partial charge is 0.397 e. The minimum atomic E-state index is 0.582. The van der Waals surface area contributed by atoms with Crippen molar-refractivity contribution in [3.63, 3.8) is 0 Å². The molecule has 2 N–H and O–H groups in total. The lowest BCUT2D eigenvalue weighted by atomic mass is 10.2. The summed E-state index contributed by atoms with van der Waals surface area (Å²) in [6.07, 6.45) is 1.62. The quantitative estimate of drug-likeness (QED) is 0.882. The molecule has 0 radical (unpaired) electrons. The summed E-state index contributed by atoms with van der Waals surface area (Å²) in [5.41, 5.74) is 7.39. The maximum Gasteiger partial charge on any atom is 0.120 e. The molecule has 0 atom stereocenters. The summed E-state index contributed by atoms with van der Waals surface area (Å²) in [6, 6.07) is 9.92. The Kier molecular flexibility index (Phi) is 3.36. The Morgan fingerprint density at radius 3 is 2.81 bits per heavy atom. The molecule has 0 saturated carbocycles. The molecule has 2 aromatic rings. The predicted octanol–water partition coefficient (Wildman–Crippen LogP) is 3.78. The second kappa shape index (κ2) is 4.76. The Bertz CT molecular complexity index is 514. The molecule has 0 bridgehead atoms. The Balaban J connectivity index is 2.27. The average molecular weight is 251 g/mol. The summed E-state index contributed by atoms with van der Waals surface area (Å²) >= 11 is 7.59. The van der Waals surface area contributed by atoms with Crippen molar-refractivity contribution in [1.82, 2.24) is 4.98 Å². The number of hydrogen-bond acceptors (Lipinski definition) is 3. The van der Waals surface area contributed by atoms with E-state index in [2.05, 4.69) is 24.0 Å². The Labute approximate surface area is 104 Å². The van der Waals surface area contributed by atoms with Crippen LogP contribution in [0.4, 0.5) is 5.69 Å². The molecule has 0 amide bonds. The van der Waals surface area contributed by atoms with Crippen molar-refractivity contribution >= 4 is 29.1 Å². The van der Waals surface area contributed by atoms with Crippen LogP contribution in [0.25, 0.3) is 0 Å². The van der Waals surface area contributed by atoms with Crippen molar-refractivity contribution in [3.8, 4) is 0 Å². The van der Waals surface area contributed by atoms with Crippen molar-refractivity contribution in [2.75, 3.05) is 5.73 Å². The van der Waals surface area contributed by atoms with E-state index >= 15 is 0 Å². The number of pyridine rings is 1. The minimum Gasteiger partial charge on any atom is -0.397 e. The number of aryl methyl sites for hydroxylation is 1. The molecular weight excluding hydrogens is 240 g/mol. The zero-order valence-corrected chi connectivity index (χ0v) is 10.3. The number of rotatable bonds is 2. The molecule has 1 aromatic carbocycles. The monoisotopic (exact) mass is 250 g/mol. The first kappa shape index (κ1) is 11.3. The van der Waals surface area contributed by atoms with Gasteiger partial charge in [0.15, 0.2) is 0 Å². The van der Waals surface area contributed by atoms with Gasteiger partial charge in [0.05, 0.1) is 16.9 Å². The molecule has 0 unspecified atom stereocenters. The highest BCUT2D eigenvalue weighted by molar-refractivity contribution is 7.99. The van der Waals surface area contributed by atoms with Crippen LogP contribution in [0.2, 0.25) is 5.02 Å².